The molecule has 0 fully saturated rings. The van der Waals surface area contributed by atoms with Gasteiger partial charge in [0, 0.05) is 10.1 Å². The van der Waals surface area contributed by atoms with E-state index in [1.54, 1.807) is 0 Å². The molecule has 4 heteroatoms. The predicted octanol–water partition coefficient (Wildman–Crippen LogP) is 4.25. The maximum Gasteiger partial charge on any atom is 0.252 e. The molecule has 1 rings (SSSR count). The summed E-state index contributed by atoms with van der Waals surface area (Å²) in [5.41, 5.74) is 1.95. The molecule has 0 heterocycles. The maximum absolute atomic E-state index is 12.0. The molecule has 19 heavy (non-hydrogen) atoms. The molecular formula is C15H22INOS. The van der Waals surface area contributed by atoms with Gasteiger partial charge in [0.1, 0.15) is 0 Å². The van der Waals surface area contributed by atoms with Gasteiger partial charge in [-0.2, -0.15) is 11.8 Å². The van der Waals surface area contributed by atoms with Gasteiger partial charge in [-0.05, 0) is 66.0 Å². The lowest BCUT2D eigenvalue weighted by Crippen LogP contribution is -2.25. The summed E-state index contributed by atoms with van der Waals surface area (Å²) in [6, 6.07) is 5.86. The lowest BCUT2D eigenvalue weighted by atomic mass is 10.1. The van der Waals surface area contributed by atoms with Crippen LogP contribution < -0.4 is 5.32 Å². The third kappa shape index (κ3) is 6.17. The molecule has 1 amide bonds. The van der Waals surface area contributed by atoms with Crippen molar-refractivity contribution in [2.24, 2.45) is 0 Å². The number of nitrogens with one attached hydrogen (secondary N) is 1. The summed E-state index contributed by atoms with van der Waals surface area (Å²) in [5.74, 6) is 1.30. The second kappa shape index (κ2) is 9.64. The van der Waals surface area contributed by atoms with Crippen LogP contribution in [-0.2, 0) is 0 Å². The number of hydrogen-bond donors (Lipinski definition) is 1. The molecule has 0 aliphatic heterocycles. The van der Waals surface area contributed by atoms with Crippen molar-refractivity contribution in [1.29, 1.82) is 0 Å². The summed E-state index contributed by atoms with van der Waals surface area (Å²) in [4.78, 5) is 12.0. The molecule has 106 valence electrons. The van der Waals surface area contributed by atoms with Gasteiger partial charge in [0.25, 0.3) is 5.91 Å². The van der Waals surface area contributed by atoms with E-state index in [0.29, 0.717) is 0 Å². The fourth-order valence-corrected chi connectivity index (χ4v) is 2.94. The Hall–Kier alpha value is -0.230. The first kappa shape index (κ1) is 16.8. The normalized spacial score (nSPS) is 10.5. The van der Waals surface area contributed by atoms with Gasteiger partial charge in [-0.3, -0.25) is 4.79 Å². The van der Waals surface area contributed by atoms with Gasteiger partial charge in [-0.15, -0.1) is 0 Å². The maximum atomic E-state index is 12.0. The Morgan fingerprint density at radius 3 is 2.74 bits per heavy atom. The lowest BCUT2D eigenvalue weighted by molar-refractivity contribution is 0.0952. The summed E-state index contributed by atoms with van der Waals surface area (Å²) in [6.07, 6.45) is 6.96. The standard InChI is InChI=1S/C15H22INOS/c1-12-8-7-9-13(14(12)16)15(18)17-10-5-3-4-6-11-19-2/h7-9H,3-6,10-11H2,1-2H3,(H,17,18). The van der Waals surface area contributed by atoms with E-state index in [4.69, 9.17) is 0 Å². The van der Waals surface area contributed by atoms with Crippen LogP contribution in [0.5, 0.6) is 0 Å². The summed E-state index contributed by atoms with van der Waals surface area (Å²) in [6.45, 7) is 2.81. The van der Waals surface area contributed by atoms with Crippen LogP contribution >= 0.6 is 34.4 Å². The Morgan fingerprint density at radius 1 is 1.26 bits per heavy atom. The third-order valence-electron chi connectivity index (χ3n) is 3.00. The predicted molar refractivity (Wildman–Crippen MR) is 93.1 cm³/mol. The third-order valence-corrected chi connectivity index (χ3v) is 5.13. The SMILES string of the molecule is CSCCCCCCNC(=O)c1cccc(C)c1I. The number of amides is 1. The van der Waals surface area contributed by atoms with Gasteiger partial charge < -0.3 is 5.32 Å². The highest BCUT2D eigenvalue weighted by Crippen LogP contribution is 2.16. The molecular weight excluding hydrogens is 369 g/mol. The van der Waals surface area contributed by atoms with E-state index in [2.05, 4.69) is 34.2 Å². The number of rotatable bonds is 8. The van der Waals surface area contributed by atoms with E-state index < -0.39 is 0 Å². The topological polar surface area (TPSA) is 29.1 Å². The Bertz CT molecular complexity index is 409. The van der Waals surface area contributed by atoms with Crippen molar-refractivity contribution >= 4 is 40.3 Å². The van der Waals surface area contributed by atoms with Crippen LogP contribution in [0, 0.1) is 10.5 Å². The Labute approximate surface area is 134 Å². The van der Waals surface area contributed by atoms with Crippen molar-refractivity contribution in [1.82, 2.24) is 5.32 Å². The average Bonchev–Trinajstić information content (AvgIpc) is 2.40. The Balaban J connectivity index is 2.26. The van der Waals surface area contributed by atoms with Gasteiger partial charge in [0.15, 0.2) is 0 Å². The highest BCUT2D eigenvalue weighted by molar-refractivity contribution is 14.1. The van der Waals surface area contributed by atoms with E-state index in [1.165, 1.54) is 25.0 Å². The van der Waals surface area contributed by atoms with Crippen LogP contribution in [0.25, 0.3) is 0 Å². The minimum Gasteiger partial charge on any atom is -0.352 e. The first-order valence-corrected chi connectivity index (χ1v) is 9.16. The number of aryl methyl sites for hydroxylation is 1. The fraction of sp³-hybridized carbons (Fsp3) is 0.533. The van der Waals surface area contributed by atoms with E-state index in [9.17, 15) is 4.79 Å². The highest BCUT2D eigenvalue weighted by atomic mass is 127. The first-order chi connectivity index (χ1) is 9.16. The second-order valence-corrected chi connectivity index (χ2v) is 6.66. The van der Waals surface area contributed by atoms with Gasteiger partial charge in [0.05, 0.1) is 5.56 Å². The minimum absolute atomic E-state index is 0.0530. The molecule has 0 spiro atoms. The zero-order chi connectivity index (χ0) is 14.1. The molecule has 0 radical (unpaired) electrons. The van der Waals surface area contributed by atoms with Crippen molar-refractivity contribution in [2.75, 3.05) is 18.6 Å². The zero-order valence-electron chi connectivity index (χ0n) is 11.7. The van der Waals surface area contributed by atoms with E-state index in [1.807, 2.05) is 36.9 Å². The molecule has 0 aliphatic carbocycles. The Kier molecular flexibility index (Phi) is 8.53. The number of halogens is 1. The van der Waals surface area contributed by atoms with E-state index in [-0.39, 0.29) is 5.91 Å². The van der Waals surface area contributed by atoms with E-state index >= 15 is 0 Å². The second-order valence-electron chi connectivity index (χ2n) is 4.60. The fourth-order valence-electron chi connectivity index (χ4n) is 1.84. The van der Waals surface area contributed by atoms with Gasteiger partial charge in [-0.1, -0.05) is 25.0 Å². The van der Waals surface area contributed by atoms with Crippen molar-refractivity contribution in [2.45, 2.75) is 32.6 Å². The summed E-state index contributed by atoms with van der Waals surface area (Å²) >= 11 is 4.14. The van der Waals surface area contributed by atoms with Crippen molar-refractivity contribution < 1.29 is 4.79 Å². The quantitative estimate of drug-likeness (QED) is 0.530. The van der Waals surface area contributed by atoms with Crippen LogP contribution in [0.4, 0.5) is 0 Å². The van der Waals surface area contributed by atoms with Gasteiger partial charge >= 0.3 is 0 Å². The molecule has 2 nitrogen and oxygen atoms in total. The molecule has 1 aromatic rings. The van der Waals surface area contributed by atoms with Gasteiger partial charge in [0.2, 0.25) is 0 Å². The molecule has 1 aromatic carbocycles. The van der Waals surface area contributed by atoms with Gasteiger partial charge in [-0.25, -0.2) is 0 Å². The number of carbonyl (C=O) groups is 1. The summed E-state index contributed by atoms with van der Waals surface area (Å²) < 4.78 is 1.05. The zero-order valence-corrected chi connectivity index (χ0v) is 14.6. The van der Waals surface area contributed by atoms with Crippen LogP contribution in [0.1, 0.15) is 41.6 Å². The smallest absolute Gasteiger partial charge is 0.252 e. The Morgan fingerprint density at radius 2 is 2.00 bits per heavy atom. The molecule has 0 atom stereocenters. The highest BCUT2D eigenvalue weighted by Gasteiger charge is 2.10. The molecule has 0 aliphatic rings. The molecule has 0 bridgehead atoms. The van der Waals surface area contributed by atoms with Crippen LogP contribution in [0.3, 0.4) is 0 Å². The largest absolute Gasteiger partial charge is 0.352 e. The molecule has 1 N–H and O–H groups in total. The summed E-state index contributed by atoms with van der Waals surface area (Å²) in [5, 5.41) is 3.01. The van der Waals surface area contributed by atoms with Crippen LogP contribution in [-0.4, -0.2) is 24.5 Å². The monoisotopic (exact) mass is 391 g/mol. The van der Waals surface area contributed by atoms with Crippen molar-refractivity contribution in [3.05, 3.63) is 32.9 Å². The van der Waals surface area contributed by atoms with Crippen molar-refractivity contribution in [3.63, 3.8) is 0 Å². The minimum atomic E-state index is 0.0530. The first-order valence-electron chi connectivity index (χ1n) is 6.69. The molecule has 0 unspecified atom stereocenters. The summed E-state index contributed by atoms with van der Waals surface area (Å²) in [7, 11) is 0. The van der Waals surface area contributed by atoms with Crippen LogP contribution in [0.15, 0.2) is 18.2 Å². The molecule has 0 saturated heterocycles. The van der Waals surface area contributed by atoms with Crippen LogP contribution in [0.2, 0.25) is 0 Å². The number of benzene rings is 1. The number of unbranched alkanes of at least 4 members (excludes halogenated alkanes) is 3. The lowest BCUT2D eigenvalue weighted by Gasteiger charge is -2.08. The molecule has 0 aromatic heterocycles. The number of hydrogen-bond acceptors (Lipinski definition) is 2. The number of thioether (sulfide) groups is 1. The number of carbonyl (C=O) groups excluding carboxylic acids is 1. The molecule has 0 saturated carbocycles. The van der Waals surface area contributed by atoms with E-state index in [0.717, 1.165) is 27.7 Å². The average molecular weight is 391 g/mol. The van der Waals surface area contributed by atoms with Crippen molar-refractivity contribution in [3.8, 4) is 0 Å².